The van der Waals surface area contributed by atoms with Gasteiger partial charge in [0.25, 0.3) is 0 Å². The molecule has 2 fully saturated rings. The second-order valence-corrected chi connectivity index (χ2v) is 6.57. The molecule has 0 bridgehead atoms. The Labute approximate surface area is 151 Å². The van der Waals surface area contributed by atoms with E-state index in [1.54, 1.807) is 6.07 Å². The molecule has 126 valence electrons. The number of aromatic hydroxyl groups is 1. The highest BCUT2D eigenvalue weighted by molar-refractivity contribution is 9.10. The molecule has 1 aliphatic carbocycles. The first-order chi connectivity index (χ1) is 9.66. The van der Waals surface area contributed by atoms with E-state index in [4.69, 9.17) is 0 Å². The van der Waals surface area contributed by atoms with E-state index in [1.807, 2.05) is 0 Å². The monoisotopic (exact) mass is 414 g/mol. The van der Waals surface area contributed by atoms with E-state index in [-0.39, 0.29) is 41.1 Å². The predicted molar refractivity (Wildman–Crippen MR) is 94.8 cm³/mol. The standard InChI is InChI=1S/C15H20BrFN2O.2ClH/c16-14-12(17)4-3-11(15(14)20)13(9-10-1-2-10)19-7-5-18-6-8-19;;/h3-4,10,13,18,20H,1-2,5-9H2;2*1H/t13-;;/m1../s1. The third-order valence-corrected chi connectivity index (χ3v) is 5.06. The summed E-state index contributed by atoms with van der Waals surface area (Å²) in [6.45, 7) is 3.91. The average Bonchev–Trinajstić information content (AvgIpc) is 3.28. The zero-order valence-electron chi connectivity index (χ0n) is 12.2. The molecule has 0 radical (unpaired) electrons. The lowest BCUT2D eigenvalue weighted by Crippen LogP contribution is -2.45. The third kappa shape index (κ3) is 4.48. The van der Waals surface area contributed by atoms with Crippen LogP contribution in [-0.2, 0) is 0 Å². The van der Waals surface area contributed by atoms with Gasteiger partial charge in [-0.05, 0) is 34.3 Å². The van der Waals surface area contributed by atoms with Crippen LogP contribution in [0.3, 0.4) is 0 Å². The van der Waals surface area contributed by atoms with Gasteiger partial charge >= 0.3 is 0 Å². The van der Waals surface area contributed by atoms with Crippen molar-refractivity contribution in [2.75, 3.05) is 26.2 Å². The summed E-state index contributed by atoms with van der Waals surface area (Å²) < 4.78 is 13.7. The van der Waals surface area contributed by atoms with Gasteiger partial charge < -0.3 is 10.4 Å². The number of piperazine rings is 1. The minimum atomic E-state index is -0.406. The SMILES string of the molecule is Cl.Cl.Oc1c([C@@H](CC2CC2)N2CCNCC2)ccc(F)c1Br. The van der Waals surface area contributed by atoms with Crippen molar-refractivity contribution in [3.05, 3.63) is 28.0 Å². The summed E-state index contributed by atoms with van der Waals surface area (Å²) in [5, 5.41) is 13.6. The zero-order chi connectivity index (χ0) is 14.1. The van der Waals surface area contributed by atoms with Crippen LogP contribution in [0.1, 0.15) is 30.9 Å². The zero-order valence-corrected chi connectivity index (χ0v) is 15.4. The maximum Gasteiger partial charge on any atom is 0.141 e. The molecule has 1 saturated heterocycles. The number of benzene rings is 1. The molecule has 2 N–H and O–H groups in total. The van der Waals surface area contributed by atoms with Gasteiger partial charge in [-0.15, -0.1) is 24.8 Å². The molecule has 0 spiro atoms. The lowest BCUT2D eigenvalue weighted by Gasteiger charge is -2.35. The van der Waals surface area contributed by atoms with Crippen LogP contribution >= 0.6 is 40.7 Å². The molecule has 3 nitrogen and oxygen atoms in total. The topological polar surface area (TPSA) is 35.5 Å². The normalized spacial score (nSPS) is 19.9. The van der Waals surface area contributed by atoms with Crippen molar-refractivity contribution < 1.29 is 9.50 Å². The van der Waals surface area contributed by atoms with Gasteiger partial charge in [0.1, 0.15) is 11.6 Å². The molecular weight excluding hydrogens is 394 g/mol. The predicted octanol–water partition coefficient (Wildman–Crippen LogP) is 3.88. The van der Waals surface area contributed by atoms with Crippen LogP contribution in [0.4, 0.5) is 4.39 Å². The van der Waals surface area contributed by atoms with E-state index < -0.39 is 5.82 Å². The van der Waals surface area contributed by atoms with Gasteiger partial charge in [0, 0.05) is 37.8 Å². The Hall–Kier alpha value is -0.0700. The number of hydrogen-bond donors (Lipinski definition) is 2. The number of nitrogens with zero attached hydrogens (tertiary/aromatic N) is 1. The molecule has 1 aliphatic heterocycles. The van der Waals surface area contributed by atoms with Gasteiger partial charge in [-0.3, -0.25) is 4.90 Å². The number of halogens is 4. The number of phenols is 1. The summed E-state index contributed by atoms with van der Waals surface area (Å²) in [5.74, 6) is 0.420. The fourth-order valence-electron chi connectivity index (χ4n) is 2.96. The summed E-state index contributed by atoms with van der Waals surface area (Å²) in [4.78, 5) is 2.41. The Morgan fingerprint density at radius 3 is 2.50 bits per heavy atom. The lowest BCUT2D eigenvalue weighted by atomic mass is 9.97. The van der Waals surface area contributed by atoms with Crippen molar-refractivity contribution in [2.45, 2.75) is 25.3 Å². The summed E-state index contributed by atoms with van der Waals surface area (Å²) >= 11 is 3.15. The van der Waals surface area contributed by atoms with E-state index in [9.17, 15) is 9.50 Å². The highest BCUT2D eigenvalue weighted by Crippen LogP contribution is 2.44. The fourth-order valence-corrected chi connectivity index (χ4v) is 3.32. The minimum Gasteiger partial charge on any atom is -0.506 e. The molecule has 2 aliphatic rings. The highest BCUT2D eigenvalue weighted by Gasteiger charge is 2.32. The lowest BCUT2D eigenvalue weighted by molar-refractivity contribution is 0.158. The summed E-state index contributed by atoms with van der Waals surface area (Å²) in [6, 6.07) is 3.38. The molecule has 1 atom stereocenters. The summed E-state index contributed by atoms with van der Waals surface area (Å²) in [5.41, 5.74) is 0.854. The van der Waals surface area contributed by atoms with Gasteiger partial charge in [0.2, 0.25) is 0 Å². The van der Waals surface area contributed by atoms with Crippen molar-refractivity contribution in [3.8, 4) is 5.75 Å². The van der Waals surface area contributed by atoms with Gasteiger partial charge in [0.15, 0.2) is 0 Å². The highest BCUT2D eigenvalue weighted by atomic mass is 79.9. The van der Waals surface area contributed by atoms with Crippen LogP contribution in [-0.4, -0.2) is 36.2 Å². The van der Waals surface area contributed by atoms with Gasteiger partial charge in [-0.2, -0.15) is 0 Å². The van der Waals surface area contributed by atoms with E-state index in [0.29, 0.717) is 0 Å². The molecule has 1 aromatic rings. The van der Waals surface area contributed by atoms with Gasteiger partial charge in [0.05, 0.1) is 4.47 Å². The van der Waals surface area contributed by atoms with Crippen LogP contribution in [0.5, 0.6) is 5.75 Å². The number of nitrogens with one attached hydrogen (secondary N) is 1. The first-order valence-electron chi connectivity index (χ1n) is 7.28. The Bertz CT molecular complexity index is 497. The number of phenolic OH excluding ortho intramolecular Hbond substituents is 1. The largest absolute Gasteiger partial charge is 0.506 e. The second kappa shape index (κ2) is 8.69. The number of hydrogen-bond acceptors (Lipinski definition) is 3. The van der Waals surface area contributed by atoms with Crippen molar-refractivity contribution in [1.82, 2.24) is 10.2 Å². The van der Waals surface area contributed by atoms with Gasteiger partial charge in [-0.1, -0.05) is 18.9 Å². The molecule has 22 heavy (non-hydrogen) atoms. The molecule has 3 rings (SSSR count). The van der Waals surface area contributed by atoms with E-state index in [2.05, 4.69) is 26.1 Å². The maximum absolute atomic E-state index is 13.5. The van der Waals surface area contributed by atoms with Crippen LogP contribution < -0.4 is 5.32 Å². The van der Waals surface area contributed by atoms with E-state index in [1.165, 1.54) is 18.9 Å². The van der Waals surface area contributed by atoms with Crippen molar-refractivity contribution in [2.24, 2.45) is 5.92 Å². The Morgan fingerprint density at radius 1 is 1.27 bits per heavy atom. The molecule has 1 saturated carbocycles. The fraction of sp³-hybridized carbons (Fsp3) is 0.600. The van der Waals surface area contributed by atoms with Crippen LogP contribution in [0.15, 0.2) is 16.6 Å². The molecule has 0 unspecified atom stereocenters. The molecule has 0 amide bonds. The van der Waals surface area contributed by atoms with Crippen LogP contribution in [0.2, 0.25) is 0 Å². The number of rotatable bonds is 4. The summed E-state index contributed by atoms with van der Waals surface area (Å²) in [6.07, 6.45) is 3.63. The molecule has 1 aromatic carbocycles. The molecule has 1 heterocycles. The minimum absolute atomic E-state index is 0. The van der Waals surface area contributed by atoms with Crippen molar-refractivity contribution in [1.29, 1.82) is 0 Å². The smallest absolute Gasteiger partial charge is 0.141 e. The van der Waals surface area contributed by atoms with E-state index >= 15 is 0 Å². The first kappa shape index (κ1) is 20.0. The first-order valence-corrected chi connectivity index (χ1v) is 8.07. The Morgan fingerprint density at radius 2 is 1.91 bits per heavy atom. The second-order valence-electron chi connectivity index (χ2n) is 5.78. The maximum atomic E-state index is 13.5. The van der Waals surface area contributed by atoms with Crippen LogP contribution in [0, 0.1) is 11.7 Å². The van der Waals surface area contributed by atoms with Crippen LogP contribution in [0.25, 0.3) is 0 Å². The van der Waals surface area contributed by atoms with E-state index in [0.717, 1.165) is 44.1 Å². The molecule has 7 heteroatoms. The van der Waals surface area contributed by atoms with Gasteiger partial charge in [-0.25, -0.2) is 4.39 Å². The molecular formula is C15H22BrCl2FN2O. The Balaban J connectivity index is 0.00000121. The quantitative estimate of drug-likeness (QED) is 0.783. The molecule has 0 aromatic heterocycles. The van der Waals surface area contributed by atoms with Crippen molar-refractivity contribution >= 4 is 40.7 Å². The average molecular weight is 416 g/mol. The third-order valence-electron chi connectivity index (χ3n) is 4.31. The Kier molecular flexibility index (Phi) is 7.89. The summed E-state index contributed by atoms with van der Waals surface area (Å²) in [7, 11) is 0. The van der Waals surface area contributed by atoms with Crippen molar-refractivity contribution in [3.63, 3.8) is 0 Å².